The maximum absolute atomic E-state index is 12.7. The average molecular weight is 445 g/mol. The number of rotatable bonds is 3. The number of amides is 1. The molecule has 1 amide bonds. The second kappa shape index (κ2) is 8.20. The van der Waals surface area contributed by atoms with Crippen LogP contribution in [0.4, 0.5) is 0 Å². The van der Waals surface area contributed by atoms with Crippen molar-refractivity contribution in [2.24, 2.45) is 4.40 Å². The van der Waals surface area contributed by atoms with E-state index < -0.39 is 10.0 Å². The van der Waals surface area contributed by atoms with Crippen molar-refractivity contribution in [2.45, 2.75) is 25.8 Å². The van der Waals surface area contributed by atoms with Crippen molar-refractivity contribution in [2.75, 3.05) is 13.1 Å². The molecule has 30 heavy (non-hydrogen) atoms. The third kappa shape index (κ3) is 4.11. The lowest BCUT2D eigenvalue weighted by atomic mass is 10.0. The predicted molar refractivity (Wildman–Crippen MR) is 117 cm³/mol. The van der Waals surface area contributed by atoms with Crippen molar-refractivity contribution in [3.05, 3.63) is 70.5 Å². The second-order valence-electron chi connectivity index (χ2n) is 7.32. The molecule has 1 aromatic carbocycles. The van der Waals surface area contributed by atoms with E-state index in [1.165, 1.54) is 0 Å². The van der Waals surface area contributed by atoms with E-state index in [4.69, 9.17) is 11.6 Å². The van der Waals surface area contributed by atoms with Crippen LogP contribution in [0.25, 0.3) is 4.91 Å². The first-order chi connectivity index (χ1) is 14.3. The van der Waals surface area contributed by atoms with Crippen molar-refractivity contribution in [3.63, 3.8) is 0 Å². The number of hydrogen-bond donors (Lipinski definition) is 1. The lowest BCUT2D eigenvalue weighted by molar-refractivity contribution is 0.0922. The van der Waals surface area contributed by atoms with Gasteiger partial charge < -0.3 is 10.2 Å². The maximum Gasteiger partial charge on any atom is 0.285 e. The van der Waals surface area contributed by atoms with Crippen molar-refractivity contribution < 1.29 is 13.2 Å². The zero-order valence-electron chi connectivity index (χ0n) is 16.4. The highest BCUT2D eigenvalue weighted by atomic mass is 35.5. The quantitative estimate of drug-likeness (QED) is 0.785. The smallest absolute Gasteiger partial charge is 0.285 e. The van der Waals surface area contributed by atoms with E-state index in [0.717, 1.165) is 0 Å². The van der Waals surface area contributed by atoms with Crippen LogP contribution in [0.1, 0.15) is 35.7 Å². The largest absolute Gasteiger partial charge is 0.356 e. The highest BCUT2D eigenvalue weighted by molar-refractivity contribution is 8.00. The summed E-state index contributed by atoms with van der Waals surface area (Å²) < 4.78 is 29.5. The van der Waals surface area contributed by atoms with Crippen LogP contribution in [0.15, 0.2) is 58.8 Å². The number of amidine groups is 1. The number of nitrogens with zero attached hydrogens (tertiary/aromatic N) is 3. The maximum atomic E-state index is 12.7. The number of likely N-dealkylation sites (tertiary alicyclic amines) is 1. The van der Waals surface area contributed by atoms with Crippen LogP contribution in [0.3, 0.4) is 0 Å². The van der Waals surface area contributed by atoms with Gasteiger partial charge in [0.15, 0.2) is 0 Å². The molecule has 1 aromatic heterocycles. The highest BCUT2D eigenvalue weighted by Gasteiger charge is 2.35. The molecule has 0 radical (unpaired) electrons. The summed E-state index contributed by atoms with van der Waals surface area (Å²) in [6.45, 7) is 3.01. The molecule has 7 nitrogen and oxygen atoms in total. The molecule has 1 saturated heterocycles. The molecule has 0 unspecified atom stereocenters. The Morgan fingerprint density at radius 1 is 1.10 bits per heavy atom. The Balaban J connectivity index is 1.46. The fraction of sp³-hybridized carbons (Fsp3) is 0.286. The number of aromatic nitrogens is 1. The van der Waals surface area contributed by atoms with Crippen molar-refractivity contribution in [3.8, 4) is 0 Å². The fourth-order valence-electron chi connectivity index (χ4n) is 3.79. The third-order valence-corrected chi connectivity index (χ3v) is 7.04. The molecule has 0 atom stereocenters. The third-order valence-electron chi connectivity index (χ3n) is 5.32. The van der Waals surface area contributed by atoms with E-state index >= 15 is 0 Å². The number of sulfonamides is 1. The Kier molecular flexibility index (Phi) is 5.62. The first-order valence-corrected chi connectivity index (χ1v) is 11.4. The van der Waals surface area contributed by atoms with Gasteiger partial charge in [-0.3, -0.25) is 9.78 Å². The van der Waals surface area contributed by atoms with Gasteiger partial charge in [-0.1, -0.05) is 23.7 Å². The SMILES string of the molecule is CC1=C(c2ccc(Cl)cc2)S(=O)(=O)N=C1N1CCC(NC(=O)c2ccncc2)CC1. The fourth-order valence-corrected chi connectivity index (χ4v) is 5.40. The second-order valence-corrected chi connectivity index (χ2v) is 9.30. The first-order valence-electron chi connectivity index (χ1n) is 9.63. The van der Waals surface area contributed by atoms with E-state index in [-0.39, 0.29) is 16.9 Å². The molecule has 0 aliphatic carbocycles. The van der Waals surface area contributed by atoms with Gasteiger partial charge in [-0.15, -0.1) is 4.40 Å². The lowest BCUT2D eigenvalue weighted by Gasteiger charge is -2.33. The first kappa shape index (κ1) is 20.6. The summed E-state index contributed by atoms with van der Waals surface area (Å²) in [5.74, 6) is 0.358. The molecule has 4 rings (SSSR count). The molecule has 0 bridgehead atoms. The molecule has 3 heterocycles. The summed E-state index contributed by atoms with van der Waals surface area (Å²) in [6, 6.07) is 10.1. The van der Waals surface area contributed by atoms with Crippen LogP contribution < -0.4 is 5.32 Å². The number of hydrogen-bond acceptors (Lipinski definition) is 5. The molecule has 1 N–H and O–H groups in total. The van der Waals surface area contributed by atoms with Crippen molar-refractivity contribution >= 4 is 38.3 Å². The Hall–Kier alpha value is -2.71. The Morgan fingerprint density at radius 3 is 2.37 bits per heavy atom. The zero-order valence-corrected chi connectivity index (χ0v) is 17.9. The van der Waals surface area contributed by atoms with Crippen LogP contribution in [0, 0.1) is 0 Å². The van der Waals surface area contributed by atoms with Gasteiger partial charge in [0.1, 0.15) is 10.7 Å². The Morgan fingerprint density at radius 2 is 1.73 bits per heavy atom. The number of halogens is 1. The highest BCUT2D eigenvalue weighted by Crippen LogP contribution is 2.34. The topological polar surface area (TPSA) is 91.7 Å². The van der Waals surface area contributed by atoms with Gasteiger partial charge in [0.05, 0.1) is 0 Å². The molecular formula is C21H21ClN4O3S. The standard InChI is InChI=1S/C21H21ClN4O3S/c1-14-19(15-2-4-17(22)5-3-15)30(28,29)25-20(14)26-12-8-18(9-13-26)24-21(27)16-6-10-23-11-7-16/h2-7,10-11,18H,8-9,12-13H2,1H3,(H,24,27). The van der Waals surface area contributed by atoms with Crippen LogP contribution in [-0.4, -0.2) is 49.2 Å². The van der Waals surface area contributed by atoms with Gasteiger partial charge in [0, 0.05) is 47.7 Å². The summed E-state index contributed by atoms with van der Waals surface area (Å²) in [5, 5.41) is 3.58. The molecular weight excluding hydrogens is 424 g/mol. The Labute approximate surface area is 180 Å². The summed E-state index contributed by atoms with van der Waals surface area (Å²) >= 11 is 5.93. The number of piperidine rings is 1. The van der Waals surface area contributed by atoms with E-state index in [1.807, 2.05) is 4.90 Å². The van der Waals surface area contributed by atoms with Crippen molar-refractivity contribution in [1.82, 2.24) is 15.2 Å². The molecule has 1 fully saturated rings. The van der Waals surface area contributed by atoms with Crippen LogP contribution in [0.5, 0.6) is 0 Å². The summed E-state index contributed by atoms with van der Waals surface area (Å²) in [6.07, 6.45) is 4.59. The lowest BCUT2D eigenvalue weighted by Crippen LogP contribution is -2.46. The zero-order chi connectivity index (χ0) is 21.3. The van der Waals surface area contributed by atoms with E-state index in [0.29, 0.717) is 53.5 Å². The average Bonchev–Trinajstić information content (AvgIpc) is 2.99. The summed E-state index contributed by atoms with van der Waals surface area (Å²) in [7, 11) is -3.76. The van der Waals surface area contributed by atoms with Crippen LogP contribution in [-0.2, 0) is 10.0 Å². The number of benzene rings is 1. The summed E-state index contributed by atoms with van der Waals surface area (Å²) in [5.41, 5.74) is 1.79. The van der Waals surface area contributed by atoms with Gasteiger partial charge in [0.2, 0.25) is 0 Å². The molecule has 0 saturated carbocycles. The van der Waals surface area contributed by atoms with Crippen LogP contribution >= 0.6 is 11.6 Å². The number of nitrogens with one attached hydrogen (secondary N) is 1. The van der Waals surface area contributed by atoms with Gasteiger partial charge in [-0.2, -0.15) is 8.42 Å². The molecule has 2 aliphatic rings. The van der Waals surface area contributed by atoms with E-state index in [1.54, 1.807) is 55.7 Å². The Bertz CT molecular complexity index is 1120. The molecule has 9 heteroatoms. The molecule has 2 aromatic rings. The van der Waals surface area contributed by atoms with Crippen molar-refractivity contribution in [1.29, 1.82) is 0 Å². The molecule has 2 aliphatic heterocycles. The van der Waals surface area contributed by atoms with Gasteiger partial charge >= 0.3 is 0 Å². The number of carbonyl (C=O) groups excluding carboxylic acids is 1. The monoisotopic (exact) mass is 444 g/mol. The minimum absolute atomic E-state index is 0.0283. The van der Waals surface area contributed by atoms with E-state index in [2.05, 4.69) is 14.7 Å². The van der Waals surface area contributed by atoms with Crippen LogP contribution in [0.2, 0.25) is 5.02 Å². The normalized spacial score (nSPS) is 19.0. The molecule has 156 valence electrons. The van der Waals surface area contributed by atoms with Gasteiger partial charge in [0.25, 0.3) is 15.9 Å². The van der Waals surface area contributed by atoms with Gasteiger partial charge in [-0.05, 0) is 49.6 Å². The molecule has 0 spiro atoms. The minimum Gasteiger partial charge on any atom is -0.356 e. The number of pyridine rings is 1. The predicted octanol–water partition coefficient (Wildman–Crippen LogP) is 3.10. The number of carbonyl (C=O) groups is 1. The minimum atomic E-state index is -3.76. The van der Waals surface area contributed by atoms with Gasteiger partial charge in [-0.25, -0.2) is 0 Å². The summed E-state index contributed by atoms with van der Waals surface area (Å²) in [4.78, 5) is 18.5. The van der Waals surface area contributed by atoms with E-state index in [9.17, 15) is 13.2 Å².